The van der Waals surface area contributed by atoms with Crippen molar-refractivity contribution in [2.45, 2.75) is 32.8 Å². The van der Waals surface area contributed by atoms with Crippen LogP contribution < -0.4 is 10.2 Å². The summed E-state index contributed by atoms with van der Waals surface area (Å²) in [5.41, 5.74) is 1.53. The lowest BCUT2D eigenvalue weighted by Gasteiger charge is -2.33. The number of benzene rings is 1. The van der Waals surface area contributed by atoms with Crippen LogP contribution in [0.5, 0.6) is 0 Å². The highest BCUT2D eigenvalue weighted by molar-refractivity contribution is 14.1. The van der Waals surface area contributed by atoms with Crippen LogP contribution in [-0.2, 0) is 4.74 Å². The Morgan fingerprint density at radius 1 is 1.37 bits per heavy atom. The molecule has 4 nitrogen and oxygen atoms in total. The minimum absolute atomic E-state index is 0.415. The number of amides is 1. The molecule has 5 heteroatoms. The minimum Gasteiger partial charge on any atom is -0.444 e. The van der Waals surface area contributed by atoms with Crippen LogP contribution in [-0.4, -0.2) is 24.8 Å². The van der Waals surface area contributed by atoms with Crippen LogP contribution in [0.1, 0.15) is 27.2 Å². The van der Waals surface area contributed by atoms with Gasteiger partial charge in [-0.25, -0.2) is 4.79 Å². The first-order valence-corrected chi connectivity index (χ1v) is 7.47. The van der Waals surface area contributed by atoms with Gasteiger partial charge in [0.2, 0.25) is 0 Å². The third-order valence-electron chi connectivity index (χ3n) is 2.81. The molecule has 1 aromatic rings. The molecular weight excluding hydrogens is 355 g/mol. The number of ether oxygens (including phenoxy) is 1. The fourth-order valence-electron chi connectivity index (χ4n) is 1.79. The largest absolute Gasteiger partial charge is 0.444 e. The van der Waals surface area contributed by atoms with E-state index in [-0.39, 0.29) is 0 Å². The van der Waals surface area contributed by atoms with E-state index in [1.807, 2.05) is 32.9 Å². The molecule has 19 heavy (non-hydrogen) atoms. The molecule has 0 atom stereocenters. The summed E-state index contributed by atoms with van der Waals surface area (Å²) in [7, 11) is 0. The summed E-state index contributed by atoms with van der Waals surface area (Å²) >= 11 is 2.23. The molecular formula is C14H19IN2O2. The average Bonchev–Trinajstić information content (AvgIpc) is 2.16. The fourth-order valence-corrected chi connectivity index (χ4v) is 2.42. The van der Waals surface area contributed by atoms with Gasteiger partial charge in [-0.2, -0.15) is 0 Å². The standard InChI is InChI=1S/C14H19IN2O2/c1-14(2,3)19-13(18)16-12-6-5-10(9-11(12)15)17-7-4-8-17/h5-6,9H,4,7-8H2,1-3H3,(H,16,18). The molecule has 0 radical (unpaired) electrons. The van der Waals surface area contributed by atoms with E-state index >= 15 is 0 Å². The monoisotopic (exact) mass is 374 g/mol. The molecule has 2 rings (SSSR count). The molecule has 0 bridgehead atoms. The number of carbonyl (C=O) groups excluding carboxylic acids is 1. The van der Waals surface area contributed by atoms with Crippen molar-refractivity contribution >= 4 is 40.1 Å². The van der Waals surface area contributed by atoms with Gasteiger partial charge in [-0.15, -0.1) is 0 Å². The molecule has 1 saturated heterocycles. The van der Waals surface area contributed by atoms with Gasteiger partial charge in [0, 0.05) is 22.3 Å². The summed E-state index contributed by atoms with van der Waals surface area (Å²) in [5.74, 6) is 0. The predicted octanol–water partition coefficient (Wildman–Crippen LogP) is 3.85. The molecule has 104 valence electrons. The second-order valence-corrected chi connectivity index (χ2v) is 6.79. The maximum atomic E-state index is 11.7. The zero-order chi connectivity index (χ0) is 14.0. The van der Waals surface area contributed by atoms with Crippen molar-refractivity contribution < 1.29 is 9.53 Å². The van der Waals surface area contributed by atoms with Gasteiger partial charge in [-0.3, -0.25) is 5.32 Å². The molecule has 0 spiro atoms. The zero-order valence-electron chi connectivity index (χ0n) is 11.5. The van der Waals surface area contributed by atoms with Crippen molar-refractivity contribution in [1.29, 1.82) is 0 Å². The second-order valence-electron chi connectivity index (χ2n) is 5.63. The number of nitrogens with zero attached hydrogens (tertiary/aromatic N) is 1. The molecule has 1 N–H and O–H groups in total. The van der Waals surface area contributed by atoms with Gasteiger partial charge >= 0.3 is 6.09 Å². The maximum Gasteiger partial charge on any atom is 0.412 e. The molecule has 1 heterocycles. The molecule has 0 unspecified atom stereocenters. The quantitative estimate of drug-likeness (QED) is 0.800. The summed E-state index contributed by atoms with van der Waals surface area (Å²) in [5, 5.41) is 2.78. The number of carbonyl (C=O) groups is 1. The summed E-state index contributed by atoms with van der Waals surface area (Å²) in [4.78, 5) is 14.0. The predicted molar refractivity (Wildman–Crippen MR) is 85.8 cm³/mol. The Labute approximate surface area is 127 Å². The minimum atomic E-state index is -0.479. The summed E-state index contributed by atoms with van der Waals surface area (Å²) in [6.45, 7) is 7.80. The van der Waals surface area contributed by atoms with E-state index in [0.29, 0.717) is 0 Å². The van der Waals surface area contributed by atoms with Crippen LogP contribution in [0.15, 0.2) is 18.2 Å². The molecule has 1 amide bonds. The highest BCUT2D eigenvalue weighted by atomic mass is 127. The van der Waals surface area contributed by atoms with E-state index < -0.39 is 11.7 Å². The van der Waals surface area contributed by atoms with E-state index in [1.165, 1.54) is 12.1 Å². The van der Waals surface area contributed by atoms with Gasteiger partial charge in [0.1, 0.15) is 5.60 Å². The van der Waals surface area contributed by atoms with Crippen LogP contribution in [0.4, 0.5) is 16.2 Å². The van der Waals surface area contributed by atoms with Crippen LogP contribution in [0.2, 0.25) is 0 Å². The van der Waals surface area contributed by atoms with E-state index in [1.54, 1.807) is 0 Å². The summed E-state index contributed by atoms with van der Waals surface area (Å²) in [6.07, 6.45) is 0.844. The van der Waals surface area contributed by atoms with Crippen LogP contribution in [0, 0.1) is 3.57 Å². The van der Waals surface area contributed by atoms with Crippen LogP contribution in [0.3, 0.4) is 0 Å². The Morgan fingerprint density at radius 3 is 2.53 bits per heavy atom. The summed E-state index contributed by atoms with van der Waals surface area (Å²) in [6, 6.07) is 6.06. The van der Waals surface area contributed by atoms with Gasteiger partial charge in [-0.05, 0) is 68.0 Å². The first-order chi connectivity index (χ1) is 8.85. The van der Waals surface area contributed by atoms with E-state index in [2.05, 4.69) is 38.9 Å². The Kier molecular flexibility index (Phi) is 4.23. The number of rotatable bonds is 2. The smallest absolute Gasteiger partial charge is 0.412 e. The Morgan fingerprint density at radius 2 is 2.05 bits per heavy atom. The van der Waals surface area contributed by atoms with Gasteiger partial charge in [0.25, 0.3) is 0 Å². The van der Waals surface area contributed by atoms with Gasteiger partial charge in [0.15, 0.2) is 0 Å². The van der Waals surface area contributed by atoms with Crippen molar-refractivity contribution in [2.75, 3.05) is 23.3 Å². The Balaban J connectivity index is 2.02. The summed E-state index contributed by atoms with van der Waals surface area (Å²) < 4.78 is 6.26. The lowest BCUT2D eigenvalue weighted by Crippen LogP contribution is -2.37. The van der Waals surface area contributed by atoms with E-state index in [0.717, 1.165) is 22.3 Å². The van der Waals surface area contributed by atoms with Gasteiger partial charge < -0.3 is 9.64 Å². The Bertz CT molecular complexity index is 479. The van der Waals surface area contributed by atoms with Crippen molar-refractivity contribution in [2.24, 2.45) is 0 Å². The molecule has 1 aromatic carbocycles. The normalized spacial score (nSPS) is 14.8. The van der Waals surface area contributed by atoms with E-state index in [4.69, 9.17) is 4.74 Å². The van der Waals surface area contributed by atoms with Gasteiger partial charge in [-0.1, -0.05) is 0 Å². The number of hydrogen-bond acceptors (Lipinski definition) is 3. The van der Waals surface area contributed by atoms with Gasteiger partial charge in [0.05, 0.1) is 5.69 Å². The number of nitrogens with one attached hydrogen (secondary N) is 1. The van der Waals surface area contributed by atoms with Crippen molar-refractivity contribution in [1.82, 2.24) is 0 Å². The van der Waals surface area contributed by atoms with Crippen molar-refractivity contribution in [3.63, 3.8) is 0 Å². The SMILES string of the molecule is CC(C)(C)OC(=O)Nc1ccc(N2CCC2)cc1I. The first kappa shape index (κ1) is 14.4. The lowest BCUT2D eigenvalue weighted by atomic mass is 10.1. The topological polar surface area (TPSA) is 41.6 Å². The molecule has 1 aliphatic rings. The van der Waals surface area contributed by atoms with E-state index in [9.17, 15) is 4.79 Å². The highest BCUT2D eigenvalue weighted by Crippen LogP contribution is 2.27. The third kappa shape index (κ3) is 3.99. The second kappa shape index (κ2) is 5.56. The Hall–Kier alpha value is -0.980. The highest BCUT2D eigenvalue weighted by Gasteiger charge is 2.18. The van der Waals surface area contributed by atoms with Crippen molar-refractivity contribution in [3.8, 4) is 0 Å². The average molecular weight is 374 g/mol. The lowest BCUT2D eigenvalue weighted by molar-refractivity contribution is 0.0636. The molecule has 0 saturated carbocycles. The number of hydrogen-bond donors (Lipinski definition) is 1. The molecule has 1 aliphatic heterocycles. The van der Waals surface area contributed by atoms with Crippen molar-refractivity contribution in [3.05, 3.63) is 21.8 Å². The maximum absolute atomic E-state index is 11.7. The van der Waals surface area contributed by atoms with Crippen LogP contribution >= 0.6 is 22.6 Å². The molecule has 1 fully saturated rings. The van der Waals surface area contributed by atoms with Crippen LogP contribution in [0.25, 0.3) is 0 Å². The zero-order valence-corrected chi connectivity index (χ0v) is 13.7. The molecule has 0 aliphatic carbocycles. The third-order valence-corrected chi connectivity index (χ3v) is 3.70. The number of halogens is 1. The first-order valence-electron chi connectivity index (χ1n) is 6.40. The molecule has 0 aromatic heterocycles. The fraction of sp³-hybridized carbons (Fsp3) is 0.500. The number of anilines is 2.